The summed E-state index contributed by atoms with van der Waals surface area (Å²) in [4.78, 5) is 11.5. The average molecular weight is 239 g/mol. The number of para-hydroxylation sites is 1. The van der Waals surface area contributed by atoms with Crippen molar-refractivity contribution in [2.75, 3.05) is 5.32 Å². The molecule has 0 saturated carbocycles. The molecule has 0 fully saturated rings. The Morgan fingerprint density at radius 1 is 1.06 bits per heavy atom. The molecule has 0 aromatic heterocycles. The number of benzene rings is 2. The van der Waals surface area contributed by atoms with E-state index in [9.17, 15) is 4.79 Å². The first-order valence-corrected chi connectivity index (χ1v) is 5.92. The van der Waals surface area contributed by atoms with Crippen LogP contribution < -0.4 is 10.1 Å². The minimum Gasteiger partial charge on any atom is -0.457 e. The summed E-state index contributed by atoms with van der Waals surface area (Å²) in [7, 11) is 0. The molecule has 1 N–H and O–H groups in total. The quantitative estimate of drug-likeness (QED) is 0.870. The average Bonchev–Trinajstić information content (AvgIpc) is 2.67. The molecule has 2 aromatic rings. The standard InChI is InChI=1S/C15H13NO2/c1-10-13-9-12(7-8-14(13)16-15(10)17)18-11-5-3-2-4-6-11/h2-10H,1H3,(H,16,17). The van der Waals surface area contributed by atoms with E-state index in [1.807, 2.05) is 55.5 Å². The first-order valence-electron chi connectivity index (χ1n) is 5.92. The highest BCUT2D eigenvalue weighted by molar-refractivity contribution is 6.02. The van der Waals surface area contributed by atoms with E-state index in [0.29, 0.717) is 0 Å². The minimum absolute atomic E-state index is 0.0434. The molecule has 3 heteroatoms. The summed E-state index contributed by atoms with van der Waals surface area (Å²) in [6.07, 6.45) is 0. The fourth-order valence-corrected chi connectivity index (χ4v) is 2.08. The van der Waals surface area contributed by atoms with E-state index in [1.165, 1.54) is 0 Å². The normalized spacial score (nSPS) is 17.2. The summed E-state index contributed by atoms with van der Waals surface area (Å²) >= 11 is 0. The van der Waals surface area contributed by atoms with Gasteiger partial charge in [-0.3, -0.25) is 4.79 Å². The van der Waals surface area contributed by atoms with Gasteiger partial charge >= 0.3 is 0 Å². The number of hydrogen-bond donors (Lipinski definition) is 1. The molecule has 1 heterocycles. The number of anilines is 1. The van der Waals surface area contributed by atoms with Gasteiger partial charge in [0.25, 0.3) is 0 Å². The lowest BCUT2D eigenvalue weighted by Gasteiger charge is -2.08. The van der Waals surface area contributed by atoms with Crippen LogP contribution in [0.2, 0.25) is 0 Å². The Bertz CT molecular complexity index is 593. The number of carbonyl (C=O) groups is 1. The number of fused-ring (bicyclic) bond motifs is 1. The monoisotopic (exact) mass is 239 g/mol. The second-order valence-corrected chi connectivity index (χ2v) is 4.38. The van der Waals surface area contributed by atoms with Crippen molar-refractivity contribution in [2.24, 2.45) is 0 Å². The molecule has 3 rings (SSSR count). The van der Waals surface area contributed by atoms with Crippen molar-refractivity contribution in [3.8, 4) is 11.5 Å². The highest BCUT2D eigenvalue weighted by Gasteiger charge is 2.26. The van der Waals surface area contributed by atoms with Crippen LogP contribution in [-0.4, -0.2) is 5.91 Å². The molecule has 0 aliphatic carbocycles. The predicted molar refractivity (Wildman–Crippen MR) is 70.0 cm³/mol. The van der Waals surface area contributed by atoms with Crippen molar-refractivity contribution in [1.82, 2.24) is 0 Å². The second-order valence-electron chi connectivity index (χ2n) is 4.38. The maximum absolute atomic E-state index is 11.5. The molecule has 0 saturated heterocycles. The van der Waals surface area contributed by atoms with Crippen LogP contribution in [0.1, 0.15) is 18.4 Å². The first kappa shape index (κ1) is 10.8. The van der Waals surface area contributed by atoms with Crippen molar-refractivity contribution >= 4 is 11.6 Å². The van der Waals surface area contributed by atoms with Gasteiger partial charge in [-0.05, 0) is 42.8 Å². The predicted octanol–water partition coefficient (Wildman–Crippen LogP) is 3.53. The fourth-order valence-electron chi connectivity index (χ4n) is 2.08. The van der Waals surface area contributed by atoms with Crippen LogP contribution in [0.5, 0.6) is 11.5 Å². The second kappa shape index (κ2) is 4.18. The SMILES string of the molecule is CC1C(=O)Nc2ccc(Oc3ccccc3)cc21. The van der Waals surface area contributed by atoms with Gasteiger partial charge in [0.15, 0.2) is 0 Å². The molecule has 1 unspecified atom stereocenters. The van der Waals surface area contributed by atoms with Crippen LogP contribution in [0.15, 0.2) is 48.5 Å². The minimum atomic E-state index is -0.112. The lowest BCUT2D eigenvalue weighted by atomic mass is 10.0. The van der Waals surface area contributed by atoms with Gasteiger partial charge in [0.2, 0.25) is 5.91 Å². The Kier molecular flexibility index (Phi) is 2.52. The summed E-state index contributed by atoms with van der Waals surface area (Å²) in [5.41, 5.74) is 1.88. The van der Waals surface area contributed by atoms with Gasteiger partial charge < -0.3 is 10.1 Å². The van der Waals surface area contributed by atoms with E-state index in [4.69, 9.17) is 4.74 Å². The zero-order chi connectivity index (χ0) is 12.5. The molecule has 1 atom stereocenters. The fraction of sp³-hybridized carbons (Fsp3) is 0.133. The van der Waals surface area contributed by atoms with Crippen LogP contribution in [-0.2, 0) is 4.79 Å². The molecule has 0 radical (unpaired) electrons. The lowest BCUT2D eigenvalue weighted by molar-refractivity contribution is -0.116. The number of carbonyl (C=O) groups excluding carboxylic acids is 1. The van der Waals surface area contributed by atoms with E-state index in [-0.39, 0.29) is 11.8 Å². The Hall–Kier alpha value is -2.29. The van der Waals surface area contributed by atoms with E-state index >= 15 is 0 Å². The van der Waals surface area contributed by atoms with E-state index in [0.717, 1.165) is 22.7 Å². The van der Waals surface area contributed by atoms with Crippen molar-refractivity contribution in [3.05, 3.63) is 54.1 Å². The maximum Gasteiger partial charge on any atom is 0.231 e. The van der Waals surface area contributed by atoms with Crippen LogP contribution in [0, 0.1) is 0 Å². The molecular weight excluding hydrogens is 226 g/mol. The highest BCUT2D eigenvalue weighted by atomic mass is 16.5. The number of rotatable bonds is 2. The molecule has 18 heavy (non-hydrogen) atoms. The number of nitrogens with one attached hydrogen (secondary N) is 1. The molecule has 0 spiro atoms. The van der Waals surface area contributed by atoms with Crippen LogP contribution in [0.4, 0.5) is 5.69 Å². The number of ether oxygens (including phenoxy) is 1. The van der Waals surface area contributed by atoms with Crippen molar-refractivity contribution in [3.63, 3.8) is 0 Å². The van der Waals surface area contributed by atoms with Gasteiger partial charge in [-0.15, -0.1) is 0 Å². The van der Waals surface area contributed by atoms with Gasteiger partial charge in [0.1, 0.15) is 11.5 Å². The highest BCUT2D eigenvalue weighted by Crippen LogP contribution is 2.35. The molecular formula is C15H13NO2. The van der Waals surface area contributed by atoms with Gasteiger partial charge in [-0.2, -0.15) is 0 Å². The van der Waals surface area contributed by atoms with Gasteiger partial charge in [0, 0.05) is 5.69 Å². The van der Waals surface area contributed by atoms with Crippen molar-refractivity contribution < 1.29 is 9.53 Å². The Morgan fingerprint density at radius 2 is 1.83 bits per heavy atom. The van der Waals surface area contributed by atoms with Crippen LogP contribution in [0.25, 0.3) is 0 Å². The molecule has 1 amide bonds. The largest absolute Gasteiger partial charge is 0.457 e. The summed E-state index contributed by atoms with van der Waals surface area (Å²) in [6.45, 7) is 1.90. The molecule has 1 aliphatic rings. The third-order valence-corrected chi connectivity index (χ3v) is 3.12. The summed E-state index contributed by atoms with van der Waals surface area (Å²) in [6, 6.07) is 15.3. The smallest absolute Gasteiger partial charge is 0.231 e. The molecule has 2 aromatic carbocycles. The Morgan fingerprint density at radius 3 is 2.61 bits per heavy atom. The zero-order valence-electron chi connectivity index (χ0n) is 10.0. The maximum atomic E-state index is 11.5. The van der Waals surface area contributed by atoms with Crippen molar-refractivity contribution in [1.29, 1.82) is 0 Å². The number of hydrogen-bond acceptors (Lipinski definition) is 2. The van der Waals surface area contributed by atoms with Crippen LogP contribution >= 0.6 is 0 Å². The van der Waals surface area contributed by atoms with E-state index in [2.05, 4.69) is 5.32 Å². The van der Waals surface area contributed by atoms with Gasteiger partial charge in [0.05, 0.1) is 5.92 Å². The third-order valence-electron chi connectivity index (χ3n) is 3.12. The third kappa shape index (κ3) is 1.84. The topological polar surface area (TPSA) is 38.3 Å². The lowest BCUT2D eigenvalue weighted by Crippen LogP contribution is -2.08. The zero-order valence-corrected chi connectivity index (χ0v) is 10.0. The summed E-state index contributed by atoms with van der Waals surface area (Å²) in [5.74, 6) is 1.48. The summed E-state index contributed by atoms with van der Waals surface area (Å²) < 4.78 is 5.75. The Labute approximate surface area is 105 Å². The van der Waals surface area contributed by atoms with Gasteiger partial charge in [-0.25, -0.2) is 0 Å². The van der Waals surface area contributed by atoms with Crippen molar-refractivity contribution in [2.45, 2.75) is 12.8 Å². The molecule has 1 aliphatic heterocycles. The molecule has 90 valence electrons. The summed E-state index contributed by atoms with van der Waals surface area (Å²) in [5, 5.41) is 2.84. The van der Waals surface area contributed by atoms with E-state index < -0.39 is 0 Å². The van der Waals surface area contributed by atoms with Crippen LogP contribution in [0.3, 0.4) is 0 Å². The Balaban J connectivity index is 1.90. The van der Waals surface area contributed by atoms with E-state index in [1.54, 1.807) is 0 Å². The number of amides is 1. The first-order chi connectivity index (χ1) is 8.74. The van der Waals surface area contributed by atoms with Gasteiger partial charge in [-0.1, -0.05) is 18.2 Å². The molecule has 0 bridgehead atoms. The molecule has 3 nitrogen and oxygen atoms in total.